The molecule has 9 nitrogen and oxygen atoms in total. The summed E-state index contributed by atoms with van der Waals surface area (Å²) in [5.74, 6) is 1.69. The molecule has 3 rings (SSSR count). The molecular formula is C44H69N7O2. The molecular weight excluding hydrogens is 659 g/mol. The number of aromatic amines is 2. The Morgan fingerprint density at radius 3 is 1.96 bits per heavy atom. The van der Waals surface area contributed by atoms with Gasteiger partial charge in [-0.3, -0.25) is 14.6 Å². The van der Waals surface area contributed by atoms with Gasteiger partial charge in [-0.15, -0.1) is 0 Å². The van der Waals surface area contributed by atoms with Gasteiger partial charge in [0.2, 0.25) is 0 Å². The van der Waals surface area contributed by atoms with E-state index in [1.165, 1.54) is 40.7 Å². The number of rotatable bonds is 27. The first-order valence-corrected chi connectivity index (χ1v) is 20.0. The molecule has 2 aromatic heterocycles. The molecule has 0 aliphatic rings. The van der Waals surface area contributed by atoms with Crippen LogP contribution in [0.4, 0.5) is 0 Å². The van der Waals surface area contributed by atoms with Gasteiger partial charge in [-0.2, -0.15) is 0 Å². The van der Waals surface area contributed by atoms with Gasteiger partial charge in [-0.1, -0.05) is 67.0 Å². The standard InChI is InChI=1S/C44H69N7O2/c1-8-27-49(28-9-2)29-10-11-30-50(35-43(52)53-31-22-38(6)17-13-16-37(5)15-12-14-36(3)4)32-40-18-20-41(21-19-40)33-51(34-42-45-23-24-46-42)39(7)44-47-25-26-48-44/h14,16,18-26,39H,8-13,15,17,27-35H2,1-7H3,(H,45,46)(H,47,48). The Bertz CT molecular complexity index is 1480. The molecule has 2 heterocycles. The zero-order valence-corrected chi connectivity index (χ0v) is 34.0. The van der Waals surface area contributed by atoms with Crippen LogP contribution < -0.4 is 0 Å². The van der Waals surface area contributed by atoms with Crippen LogP contribution in [0.25, 0.3) is 0 Å². The van der Waals surface area contributed by atoms with Crippen LogP contribution in [0, 0.1) is 0 Å². The van der Waals surface area contributed by atoms with E-state index in [4.69, 9.17) is 4.74 Å². The molecule has 0 spiro atoms. The topological polar surface area (TPSA) is 93.4 Å². The van der Waals surface area contributed by atoms with Crippen molar-refractivity contribution in [2.24, 2.45) is 0 Å². The highest BCUT2D eigenvalue weighted by Crippen LogP contribution is 2.22. The van der Waals surface area contributed by atoms with Crippen molar-refractivity contribution in [3.63, 3.8) is 0 Å². The third-order valence-electron chi connectivity index (χ3n) is 9.62. The number of allylic oxidation sites excluding steroid dienone is 5. The Morgan fingerprint density at radius 2 is 1.36 bits per heavy atom. The second kappa shape index (κ2) is 25.3. The van der Waals surface area contributed by atoms with Crippen LogP contribution in [-0.4, -0.2) is 79.9 Å². The Balaban J connectivity index is 1.58. The molecule has 0 aliphatic heterocycles. The summed E-state index contributed by atoms with van der Waals surface area (Å²) in [6.45, 7) is 22.3. The minimum Gasteiger partial charge on any atom is -0.460 e. The van der Waals surface area contributed by atoms with Crippen molar-refractivity contribution in [1.82, 2.24) is 34.6 Å². The number of hydrogen-bond acceptors (Lipinski definition) is 7. The first-order chi connectivity index (χ1) is 25.7. The molecule has 1 unspecified atom stereocenters. The molecule has 0 radical (unpaired) electrons. The van der Waals surface area contributed by atoms with Gasteiger partial charge in [-0.05, 0) is 129 Å². The summed E-state index contributed by atoms with van der Waals surface area (Å²) in [4.78, 5) is 35.8. The minimum absolute atomic E-state index is 0.0872. The van der Waals surface area contributed by atoms with Crippen LogP contribution >= 0.6 is 0 Å². The maximum atomic E-state index is 13.1. The molecule has 292 valence electrons. The van der Waals surface area contributed by atoms with Crippen LogP contribution in [0.2, 0.25) is 0 Å². The molecule has 0 aliphatic carbocycles. The minimum atomic E-state index is -0.167. The summed E-state index contributed by atoms with van der Waals surface area (Å²) in [5.41, 5.74) is 6.48. The van der Waals surface area contributed by atoms with E-state index in [0.717, 1.165) is 82.9 Å². The highest BCUT2D eigenvalue weighted by molar-refractivity contribution is 5.71. The molecule has 1 aromatic carbocycles. The van der Waals surface area contributed by atoms with E-state index in [1.807, 2.05) is 12.4 Å². The number of hydrogen-bond donors (Lipinski definition) is 2. The Morgan fingerprint density at radius 1 is 0.755 bits per heavy atom. The number of nitrogens with zero attached hydrogens (tertiary/aromatic N) is 5. The molecule has 0 saturated carbocycles. The van der Waals surface area contributed by atoms with E-state index in [0.29, 0.717) is 19.7 Å². The smallest absolute Gasteiger partial charge is 0.320 e. The van der Waals surface area contributed by atoms with Gasteiger partial charge in [0.15, 0.2) is 0 Å². The summed E-state index contributed by atoms with van der Waals surface area (Å²) in [6.07, 6.45) is 22.8. The molecule has 0 saturated heterocycles. The molecule has 9 heteroatoms. The number of nitrogens with one attached hydrogen (secondary N) is 2. The lowest BCUT2D eigenvalue weighted by Gasteiger charge is -2.27. The molecule has 1 atom stereocenters. The molecule has 0 fully saturated rings. The second-order valence-electron chi connectivity index (χ2n) is 14.8. The summed E-state index contributed by atoms with van der Waals surface area (Å²) >= 11 is 0. The number of imidazole rings is 2. The SMILES string of the molecule is CCCN(CCC)CCCCN(CC(=O)OCC=C(C)CCC=C(C)CCC=C(C)C)Cc1ccc(CN(Cc2ncc[nH]2)C(C)c2ncc[nH]2)cc1. The van der Waals surface area contributed by atoms with Crippen molar-refractivity contribution in [2.45, 2.75) is 126 Å². The van der Waals surface area contributed by atoms with Crippen LogP contribution in [0.15, 0.2) is 84.0 Å². The largest absolute Gasteiger partial charge is 0.460 e. The van der Waals surface area contributed by atoms with Crippen LogP contribution in [0.5, 0.6) is 0 Å². The van der Waals surface area contributed by atoms with E-state index in [9.17, 15) is 4.79 Å². The Kier molecular flexibility index (Phi) is 20.8. The van der Waals surface area contributed by atoms with Crippen LogP contribution in [0.3, 0.4) is 0 Å². The monoisotopic (exact) mass is 728 g/mol. The molecule has 3 aromatic rings. The number of H-pyrrole nitrogens is 2. The zero-order valence-electron chi connectivity index (χ0n) is 34.0. The summed E-state index contributed by atoms with van der Waals surface area (Å²) in [5, 5.41) is 0. The average molecular weight is 728 g/mol. The number of benzene rings is 1. The normalized spacial score (nSPS) is 12.9. The Labute approximate surface area is 321 Å². The van der Waals surface area contributed by atoms with E-state index < -0.39 is 0 Å². The molecule has 2 N–H and O–H groups in total. The summed E-state index contributed by atoms with van der Waals surface area (Å²) < 4.78 is 5.74. The lowest BCUT2D eigenvalue weighted by Crippen LogP contribution is -2.32. The lowest BCUT2D eigenvalue weighted by molar-refractivity contribution is -0.143. The third-order valence-corrected chi connectivity index (χ3v) is 9.62. The fourth-order valence-electron chi connectivity index (χ4n) is 6.52. The summed E-state index contributed by atoms with van der Waals surface area (Å²) in [7, 11) is 0. The third kappa shape index (κ3) is 18.2. The second-order valence-corrected chi connectivity index (χ2v) is 14.8. The van der Waals surface area contributed by atoms with Gasteiger partial charge in [0.1, 0.15) is 18.3 Å². The predicted molar refractivity (Wildman–Crippen MR) is 219 cm³/mol. The molecule has 0 amide bonds. The van der Waals surface area contributed by atoms with Crippen molar-refractivity contribution in [3.8, 4) is 0 Å². The quantitative estimate of drug-likeness (QED) is 0.0459. The van der Waals surface area contributed by atoms with Crippen molar-refractivity contribution in [1.29, 1.82) is 0 Å². The van der Waals surface area contributed by atoms with E-state index in [-0.39, 0.29) is 18.6 Å². The maximum Gasteiger partial charge on any atom is 0.320 e. The van der Waals surface area contributed by atoms with Gasteiger partial charge in [0, 0.05) is 37.9 Å². The number of unbranched alkanes of at least 4 members (excludes halogenated alkanes) is 1. The van der Waals surface area contributed by atoms with E-state index in [1.54, 1.807) is 12.4 Å². The predicted octanol–water partition coefficient (Wildman–Crippen LogP) is 9.56. The number of esters is 1. The number of carbonyl (C=O) groups excluding carboxylic acids is 1. The van der Waals surface area contributed by atoms with Crippen LogP contribution in [0.1, 0.15) is 129 Å². The van der Waals surface area contributed by atoms with E-state index >= 15 is 0 Å². The lowest BCUT2D eigenvalue weighted by atomic mass is 10.1. The number of aromatic nitrogens is 4. The maximum absolute atomic E-state index is 13.1. The number of carbonyl (C=O) groups is 1. The van der Waals surface area contributed by atoms with Crippen molar-refractivity contribution < 1.29 is 9.53 Å². The number of ether oxygens (including phenoxy) is 1. The molecule has 0 bridgehead atoms. The van der Waals surface area contributed by atoms with Gasteiger partial charge in [0.05, 0.1) is 19.1 Å². The zero-order chi connectivity index (χ0) is 38.3. The van der Waals surface area contributed by atoms with Crippen LogP contribution in [-0.2, 0) is 29.2 Å². The molecule has 53 heavy (non-hydrogen) atoms. The average Bonchev–Trinajstić information content (AvgIpc) is 3.86. The highest BCUT2D eigenvalue weighted by atomic mass is 16.5. The Hall–Kier alpha value is -3.79. The van der Waals surface area contributed by atoms with Gasteiger partial charge >= 0.3 is 5.97 Å². The summed E-state index contributed by atoms with van der Waals surface area (Å²) in [6, 6.07) is 8.89. The van der Waals surface area contributed by atoms with Gasteiger partial charge in [-0.25, -0.2) is 9.97 Å². The van der Waals surface area contributed by atoms with E-state index in [2.05, 4.69) is 126 Å². The first kappa shape index (κ1) is 43.6. The van der Waals surface area contributed by atoms with Gasteiger partial charge < -0.3 is 19.6 Å². The fraction of sp³-hybridized carbons (Fsp3) is 0.568. The highest BCUT2D eigenvalue weighted by Gasteiger charge is 2.20. The fourth-order valence-corrected chi connectivity index (χ4v) is 6.52. The first-order valence-electron chi connectivity index (χ1n) is 20.0. The van der Waals surface area contributed by atoms with Crippen molar-refractivity contribution >= 4 is 5.97 Å². The van der Waals surface area contributed by atoms with Crippen molar-refractivity contribution in [3.05, 3.63) is 107 Å². The van der Waals surface area contributed by atoms with Gasteiger partial charge in [0.25, 0.3) is 0 Å². The van der Waals surface area contributed by atoms with Crippen molar-refractivity contribution in [2.75, 3.05) is 39.3 Å².